The highest BCUT2D eigenvalue weighted by Crippen LogP contribution is 2.42. The maximum Gasteiger partial charge on any atom is 0.115 e. The van der Waals surface area contributed by atoms with Crippen LogP contribution in [0.25, 0.3) is 0 Å². The van der Waals surface area contributed by atoms with E-state index in [9.17, 15) is 5.11 Å². The third-order valence-corrected chi connectivity index (χ3v) is 4.30. The van der Waals surface area contributed by atoms with Crippen molar-refractivity contribution in [1.29, 1.82) is 0 Å². The van der Waals surface area contributed by atoms with Gasteiger partial charge in [0.2, 0.25) is 0 Å². The third kappa shape index (κ3) is 2.10. The van der Waals surface area contributed by atoms with Gasteiger partial charge in [-0.25, -0.2) is 0 Å². The maximum atomic E-state index is 11.1. The lowest BCUT2D eigenvalue weighted by Crippen LogP contribution is -2.23. The molecule has 104 valence electrons. The smallest absolute Gasteiger partial charge is 0.115 e. The molecular formula is C18H21NO. The normalized spacial score (nSPS) is 20.9. The fraction of sp³-hybridized carbons (Fsp3) is 0.333. The van der Waals surface area contributed by atoms with Crippen LogP contribution in [-0.2, 0) is 18.4 Å². The summed E-state index contributed by atoms with van der Waals surface area (Å²) in [7, 11) is 0. The topological polar surface area (TPSA) is 46.2 Å². The van der Waals surface area contributed by atoms with E-state index < -0.39 is 5.60 Å². The van der Waals surface area contributed by atoms with Crippen molar-refractivity contribution in [2.24, 2.45) is 0 Å². The second-order valence-corrected chi connectivity index (χ2v) is 5.72. The van der Waals surface area contributed by atoms with Crippen molar-refractivity contribution in [3.05, 3.63) is 64.7 Å². The van der Waals surface area contributed by atoms with E-state index >= 15 is 0 Å². The molecule has 1 unspecified atom stereocenters. The van der Waals surface area contributed by atoms with Gasteiger partial charge in [0.05, 0.1) is 0 Å². The summed E-state index contributed by atoms with van der Waals surface area (Å²) in [4.78, 5) is 0. The summed E-state index contributed by atoms with van der Waals surface area (Å²) in [5.74, 6) is 0. The molecule has 2 nitrogen and oxygen atoms in total. The van der Waals surface area contributed by atoms with Crippen LogP contribution in [0, 0.1) is 0 Å². The minimum absolute atomic E-state index is 0.735. The van der Waals surface area contributed by atoms with Gasteiger partial charge in [0.25, 0.3) is 0 Å². The first-order chi connectivity index (χ1) is 9.63. The molecule has 2 aromatic carbocycles. The van der Waals surface area contributed by atoms with E-state index in [-0.39, 0.29) is 0 Å². The van der Waals surface area contributed by atoms with Crippen molar-refractivity contribution in [3.8, 4) is 0 Å². The monoisotopic (exact) mass is 267 g/mol. The van der Waals surface area contributed by atoms with Crippen molar-refractivity contribution in [2.75, 3.05) is 5.73 Å². The Kier molecular flexibility index (Phi) is 3.27. The van der Waals surface area contributed by atoms with E-state index in [1.165, 1.54) is 11.1 Å². The zero-order valence-electron chi connectivity index (χ0n) is 11.9. The molecule has 2 aromatic rings. The number of aryl methyl sites for hydroxylation is 2. The lowest BCUT2D eigenvalue weighted by Gasteiger charge is -2.25. The standard InChI is InChI=1S/C18H21NO/c1-2-3-13-4-6-15(7-5-13)18(20)11-10-14-12-16(19)8-9-17(14)18/h4-9,12,20H,2-3,10-11,19H2,1H3. The summed E-state index contributed by atoms with van der Waals surface area (Å²) in [6, 6.07) is 14.2. The summed E-state index contributed by atoms with van der Waals surface area (Å²) >= 11 is 0. The van der Waals surface area contributed by atoms with E-state index in [1.807, 2.05) is 18.2 Å². The summed E-state index contributed by atoms with van der Waals surface area (Å²) in [5.41, 5.74) is 10.2. The van der Waals surface area contributed by atoms with Gasteiger partial charge in [-0.3, -0.25) is 0 Å². The van der Waals surface area contributed by atoms with Gasteiger partial charge in [0.15, 0.2) is 0 Å². The van der Waals surface area contributed by atoms with Gasteiger partial charge in [-0.05, 0) is 53.6 Å². The van der Waals surface area contributed by atoms with Gasteiger partial charge in [-0.2, -0.15) is 0 Å². The third-order valence-electron chi connectivity index (χ3n) is 4.30. The van der Waals surface area contributed by atoms with Crippen molar-refractivity contribution < 1.29 is 5.11 Å². The largest absolute Gasteiger partial charge is 0.399 e. The molecule has 0 heterocycles. The van der Waals surface area contributed by atoms with Crippen LogP contribution in [-0.4, -0.2) is 5.11 Å². The van der Waals surface area contributed by atoms with Crippen LogP contribution in [0.5, 0.6) is 0 Å². The van der Waals surface area contributed by atoms with Gasteiger partial charge in [-0.1, -0.05) is 43.7 Å². The molecule has 0 bridgehead atoms. The molecular weight excluding hydrogens is 246 g/mol. The molecule has 0 spiro atoms. The second-order valence-electron chi connectivity index (χ2n) is 5.72. The number of benzene rings is 2. The Morgan fingerprint density at radius 1 is 1.15 bits per heavy atom. The molecule has 20 heavy (non-hydrogen) atoms. The second kappa shape index (κ2) is 4.95. The fourth-order valence-corrected chi connectivity index (χ4v) is 3.21. The lowest BCUT2D eigenvalue weighted by molar-refractivity contribution is 0.0829. The molecule has 1 aliphatic rings. The van der Waals surface area contributed by atoms with Crippen molar-refractivity contribution >= 4 is 5.69 Å². The summed E-state index contributed by atoms with van der Waals surface area (Å²) in [5, 5.41) is 11.1. The van der Waals surface area contributed by atoms with Gasteiger partial charge in [0.1, 0.15) is 5.60 Å². The number of anilines is 1. The van der Waals surface area contributed by atoms with E-state index in [0.29, 0.717) is 0 Å². The predicted octanol–water partition coefficient (Wildman–Crippen LogP) is 3.40. The van der Waals surface area contributed by atoms with Gasteiger partial charge in [-0.15, -0.1) is 0 Å². The SMILES string of the molecule is CCCc1ccc(C2(O)CCc3cc(N)ccc32)cc1. The van der Waals surface area contributed by atoms with E-state index in [4.69, 9.17) is 5.73 Å². The zero-order chi connectivity index (χ0) is 14.2. The Morgan fingerprint density at radius 2 is 1.90 bits per heavy atom. The molecule has 0 aromatic heterocycles. The molecule has 0 fully saturated rings. The average molecular weight is 267 g/mol. The fourth-order valence-electron chi connectivity index (χ4n) is 3.21. The molecule has 0 saturated carbocycles. The number of hydrogen-bond acceptors (Lipinski definition) is 2. The van der Waals surface area contributed by atoms with Crippen LogP contribution in [0.4, 0.5) is 5.69 Å². The van der Waals surface area contributed by atoms with Gasteiger partial charge in [0, 0.05) is 5.69 Å². The van der Waals surface area contributed by atoms with Crippen molar-refractivity contribution in [3.63, 3.8) is 0 Å². The van der Waals surface area contributed by atoms with Crippen molar-refractivity contribution in [2.45, 2.75) is 38.2 Å². The van der Waals surface area contributed by atoms with Crippen LogP contribution in [0.15, 0.2) is 42.5 Å². The van der Waals surface area contributed by atoms with Crippen LogP contribution in [0.1, 0.15) is 42.0 Å². The Hall–Kier alpha value is -1.80. The first-order valence-electron chi connectivity index (χ1n) is 7.34. The molecule has 1 aliphatic carbocycles. The summed E-state index contributed by atoms with van der Waals surface area (Å²) in [6.45, 7) is 2.18. The Morgan fingerprint density at radius 3 is 2.60 bits per heavy atom. The highest BCUT2D eigenvalue weighted by Gasteiger charge is 2.38. The van der Waals surface area contributed by atoms with Crippen LogP contribution < -0.4 is 5.73 Å². The number of fused-ring (bicyclic) bond motifs is 1. The number of hydrogen-bond donors (Lipinski definition) is 2. The van der Waals surface area contributed by atoms with Crippen molar-refractivity contribution in [1.82, 2.24) is 0 Å². The van der Waals surface area contributed by atoms with Crippen LogP contribution in [0.2, 0.25) is 0 Å². The Bertz CT molecular complexity index is 618. The number of nitrogens with two attached hydrogens (primary N) is 1. The minimum atomic E-state index is -0.853. The molecule has 0 radical (unpaired) electrons. The molecule has 0 saturated heterocycles. The Labute approximate surface area is 120 Å². The zero-order valence-corrected chi connectivity index (χ0v) is 11.9. The van der Waals surface area contributed by atoms with Gasteiger partial charge >= 0.3 is 0 Å². The van der Waals surface area contributed by atoms with E-state index in [2.05, 4.69) is 31.2 Å². The summed E-state index contributed by atoms with van der Waals surface area (Å²) < 4.78 is 0. The molecule has 3 N–H and O–H groups in total. The highest BCUT2D eigenvalue weighted by molar-refractivity contribution is 5.52. The number of rotatable bonds is 3. The summed E-state index contributed by atoms with van der Waals surface area (Å²) in [6.07, 6.45) is 3.85. The quantitative estimate of drug-likeness (QED) is 0.837. The lowest BCUT2D eigenvalue weighted by atomic mass is 9.87. The van der Waals surface area contributed by atoms with E-state index in [1.54, 1.807) is 0 Å². The Balaban J connectivity index is 1.98. The molecule has 0 amide bonds. The number of aliphatic hydroxyl groups is 1. The molecule has 0 aliphatic heterocycles. The van der Waals surface area contributed by atoms with E-state index in [0.717, 1.165) is 42.5 Å². The molecule has 3 rings (SSSR count). The van der Waals surface area contributed by atoms with Crippen LogP contribution >= 0.6 is 0 Å². The highest BCUT2D eigenvalue weighted by atomic mass is 16.3. The molecule has 2 heteroatoms. The minimum Gasteiger partial charge on any atom is -0.399 e. The average Bonchev–Trinajstić information content (AvgIpc) is 2.78. The number of nitrogen functional groups attached to an aromatic ring is 1. The first-order valence-corrected chi connectivity index (χ1v) is 7.34. The first kappa shape index (κ1) is 13.2. The van der Waals surface area contributed by atoms with Crippen LogP contribution in [0.3, 0.4) is 0 Å². The molecule has 1 atom stereocenters. The predicted molar refractivity (Wildman–Crippen MR) is 82.6 cm³/mol. The van der Waals surface area contributed by atoms with Gasteiger partial charge < -0.3 is 10.8 Å². The maximum absolute atomic E-state index is 11.1.